The van der Waals surface area contributed by atoms with E-state index in [1.165, 1.54) is 0 Å². The number of ether oxygens (including phenoxy) is 1. The van der Waals surface area contributed by atoms with Gasteiger partial charge in [-0.05, 0) is 56.4 Å². The Morgan fingerprint density at radius 1 is 1.17 bits per heavy atom. The minimum Gasteiger partial charge on any atom is -0.484 e. The number of pyridine rings is 1. The number of nitriles is 1. The molecule has 0 saturated heterocycles. The van der Waals surface area contributed by atoms with Gasteiger partial charge in [-0.3, -0.25) is 9.67 Å². The fraction of sp³-hybridized carbons (Fsp3) is 0.304. The SMILES string of the molecule is Cc1cc2cnn(-c3cnn(C)c3)c2cc1OC1CCCc2cc(C#N)c(C)nc21. The van der Waals surface area contributed by atoms with Crippen molar-refractivity contribution in [2.24, 2.45) is 7.05 Å². The maximum absolute atomic E-state index is 9.32. The second-order valence-corrected chi connectivity index (χ2v) is 7.88. The fourth-order valence-electron chi connectivity index (χ4n) is 4.16. The Labute approximate surface area is 174 Å². The Bertz CT molecular complexity index is 1310. The second-order valence-electron chi connectivity index (χ2n) is 7.88. The molecular formula is C23H22N6O. The molecule has 1 aromatic carbocycles. The summed E-state index contributed by atoms with van der Waals surface area (Å²) in [7, 11) is 1.89. The smallest absolute Gasteiger partial charge is 0.141 e. The van der Waals surface area contributed by atoms with Gasteiger partial charge in [0.15, 0.2) is 0 Å². The van der Waals surface area contributed by atoms with E-state index in [1.54, 1.807) is 10.9 Å². The van der Waals surface area contributed by atoms with Crippen molar-refractivity contribution in [3.8, 4) is 17.5 Å². The van der Waals surface area contributed by atoms with E-state index < -0.39 is 0 Å². The van der Waals surface area contributed by atoms with Gasteiger partial charge < -0.3 is 4.74 Å². The molecule has 1 aliphatic carbocycles. The van der Waals surface area contributed by atoms with E-state index in [-0.39, 0.29) is 6.10 Å². The molecule has 0 amide bonds. The monoisotopic (exact) mass is 398 g/mol. The zero-order valence-corrected chi connectivity index (χ0v) is 17.3. The van der Waals surface area contributed by atoms with Gasteiger partial charge in [0.1, 0.15) is 23.6 Å². The highest BCUT2D eigenvalue weighted by Gasteiger charge is 2.25. The number of nitrogens with zero attached hydrogens (tertiary/aromatic N) is 6. The molecule has 1 aliphatic rings. The Kier molecular flexibility index (Phi) is 4.28. The summed E-state index contributed by atoms with van der Waals surface area (Å²) in [6.07, 6.45) is 8.33. The molecule has 30 heavy (non-hydrogen) atoms. The van der Waals surface area contributed by atoms with Crippen LogP contribution in [0.2, 0.25) is 0 Å². The average Bonchev–Trinajstić information content (AvgIpc) is 3.34. The lowest BCUT2D eigenvalue weighted by molar-refractivity contribution is 0.177. The van der Waals surface area contributed by atoms with Crippen molar-refractivity contribution in [3.05, 3.63) is 64.9 Å². The lowest BCUT2D eigenvalue weighted by atomic mass is 9.92. The van der Waals surface area contributed by atoms with E-state index in [4.69, 9.17) is 9.72 Å². The number of fused-ring (bicyclic) bond motifs is 2. The van der Waals surface area contributed by atoms with Crippen molar-refractivity contribution in [1.29, 1.82) is 5.26 Å². The van der Waals surface area contributed by atoms with E-state index in [2.05, 4.69) is 35.3 Å². The summed E-state index contributed by atoms with van der Waals surface area (Å²) in [5.41, 5.74) is 6.42. The van der Waals surface area contributed by atoms with Crippen LogP contribution in [0.1, 0.15) is 47.0 Å². The summed E-state index contributed by atoms with van der Waals surface area (Å²) in [6, 6.07) is 8.37. The van der Waals surface area contributed by atoms with Gasteiger partial charge >= 0.3 is 0 Å². The lowest BCUT2D eigenvalue weighted by Gasteiger charge is -2.26. The van der Waals surface area contributed by atoms with Crippen molar-refractivity contribution in [1.82, 2.24) is 24.5 Å². The standard InChI is InChI=1S/C23H22N6O/c1-14-7-18-11-26-29(19-12-25-28(3)13-19)20(18)9-22(14)30-21-6-4-5-16-8-17(10-24)15(2)27-23(16)21/h7-9,11-13,21H,4-6H2,1-3H3. The van der Waals surface area contributed by atoms with Gasteiger partial charge in [-0.15, -0.1) is 0 Å². The van der Waals surface area contributed by atoms with E-state index in [0.717, 1.165) is 64.1 Å². The van der Waals surface area contributed by atoms with Crippen LogP contribution in [-0.2, 0) is 13.5 Å². The quantitative estimate of drug-likeness (QED) is 0.519. The fourth-order valence-corrected chi connectivity index (χ4v) is 4.16. The minimum atomic E-state index is -0.119. The highest BCUT2D eigenvalue weighted by molar-refractivity contribution is 5.83. The summed E-state index contributed by atoms with van der Waals surface area (Å²) in [4.78, 5) is 4.74. The Hall–Kier alpha value is -3.66. The number of rotatable bonds is 3. The van der Waals surface area contributed by atoms with Crippen LogP contribution in [-0.4, -0.2) is 24.5 Å². The van der Waals surface area contributed by atoms with Gasteiger partial charge in [-0.1, -0.05) is 0 Å². The molecular weight excluding hydrogens is 376 g/mol. The highest BCUT2D eigenvalue weighted by Crippen LogP contribution is 2.36. The number of aryl methyl sites for hydroxylation is 4. The first-order valence-corrected chi connectivity index (χ1v) is 10.1. The molecule has 0 fully saturated rings. The van der Waals surface area contributed by atoms with E-state index in [1.807, 2.05) is 37.1 Å². The summed E-state index contributed by atoms with van der Waals surface area (Å²) in [6.45, 7) is 3.94. The number of hydrogen-bond acceptors (Lipinski definition) is 5. The average molecular weight is 398 g/mol. The number of aromatic nitrogens is 5. The molecule has 1 unspecified atom stereocenters. The second kappa shape index (κ2) is 6.99. The van der Waals surface area contributed by atoms with Crippen molar-refractivity contribution >= 4 is 10.9 Å². The third kappa shape index (κ3) is 3.01. The van der Waals surface area contributed by atoms with E-state index in [0.29, 0.717) is 5.56 Å². The zero-order chi connectivity index (χ0) is 20.8. The van der Waals surface area contributed by atoms with Crippen LogP contribution in [0.5, 0.6) is 5.75 Å². The minimum absolute atomic E-state index is 0.119. The molecule has 3 heterocycles. The first kappa shape index (κ1) is 18.4. The Morgan fingerprint density at radius 3 is 2.80 bits per heavy atom. The third-order valence-corrected chi connectivity index (χ3v) is 5.73. The van der Waals surface area contributed by atoms with E-state index in [9.17, 15) is 5.26 Å². The Balaban J connectivity index is 1.54. The molecule has 0 radical (unpaired) electrons. The summed E-state index contributed by atoms with van der Waals surface area (Å²) < 4.78 is 10.1. The molecule has 1 atom stereocenters. The van der Waals surface area contributed by atoms with Gasteiger partial charge in [0.05, 0.1) is 41.1 Å². The summed E-state index contributed by atoms with van der Waals surface area (Å²) >= 11 is 0. The van der Waals surface area contributed by atoms with Gasteiger partial charge in [0, 0.05) is 18.5 Å². The first-order chi connectivity index (χ1) is 14.5. The van der Waals surface area contributed by atoms with Crippen LogP contribution in [0, 0.1) is 25.2 Å². The maximum atomic E-state index is 9.32. The third-order valence-electron chi connectivity index (χ3n) is 5.73. The van der Waals surface area contributed by atoms with Crippen molar-refractivity contribution in [2.45, 2.75) is 39.2 Å². The topological polar surface area (TPSA) is 81.5 Å². The van der Waals surface area contributed by atoms with Crippen molar-refractivity contribution < 1.29 is 4.74 Å². The van der Waals surface area contributed by atoms with Crippen LogP contribution in [0.15, 0.2) is 36.8 Å². The normalized spacial score (nSPS) is 15.7. The molecule has 3 aromatic heterocycles. The molecule has 0 bridgehead atoms. The Morgan fingerprint density at radius 2 is 2.03 bits per heavy atom. The van der Waals surface area contributed by atoms with Crippen LogP contribution in [0.3, 0.4) is 0 Å². The van der Waals surface area contributed by atoms with Crippen LogP contribution >= 0.6 is 0 Å². The molecule has 0 spiro atoms. The molecule has 0 N–H and O–H groups in total. The number of hydrogen-bond donors (Lipinski definition) is 0. The summed E-state index contributed by atoms with van der Waals surface area (Å²) in [5.74, 6) is 0.829. The largest absolute Gasteiger partial charge is 0.484 e. The van der Waals surface area contributed by atoms with Crippen LogP contribution in [0.4, 0.5) is 0 Å². The van der Waals surface area contributed by atoms with Crippen molar-refractivity contribution in [3.63, 3.8) is 0 Å². The molecule has 4 aromatic rings. The van der Waals surface area contributed by atoms with Gasteiger partial charge in [0.25, 0.3) is 0 Å². The van der Waals surface area contributed by atoms with Crippen LogP contribution < -0.4 is 4.74 Å². The molecule has 0 aliphatic heterocycles. The maximum Gasteiger partial charge on any atom is 0.141 e. The lowest BCUT2D eigenvalue weighted by Crippen LogP contribution is -2.18. The van der Waals surface area contributed by atoms with Gasteiger partial charge in [-0.25, -0.2) is 4.68 Å². The molecule has 150 valence electrons. The molecule has 7 nitrogen and oxygen atoms in total. The zero-order valence-electron chi connectivity index (χ0n) is 17.3. The highest BCUT2D eigenvalue weighted by atomic mass is 16.5. The van der Waals surface area contributed by atoms with Crippen molar-refractivity contribution in [2.75, 3.05) is 0 Å². The summed E-state index contributed by atoms with van der Waals surface area (Å²) in [5, 5.41) is 19.2. The molecule has 7 heteroatoms. The van der Waals surface area contributed by atoms with E-state index >= 15 is 0 Å². The van der Waals surface area contributed by atoms with Gasteiger partial charge in [0.2, 0.25) is 0 Å². The van der Waals surface area contributed by atoms with Gasteiger partial charge in [-0.2, -0.15) is 15.5 Å². The van der Waals surface area contributed by atoms with Crippen LogP contribution in [0.25, 0.3) is 16.6 Å². The molecule has 5 rings (SSSR count). The number of benzene rings is 1. The first-order valence-electron chi connectivity index (χ1n) is 10.1. The predicted octanol–water partition coefficient (Wildman–Crippen LogP) is 4.10. The molecule has 0 saturated carbocycles. The predicted molar refractivity (Wildman–Crippen MR) is 113 cm³/mol.